The molecular weight excluding hydrogens is 902 g/mol. The summed E-state index contributed by atoms with van der Waals surface area (Å²) in [5.41, 5.74) is 3.97. The van der Waals surface area contributed by atoms with Crippen molar-refractivity contribution < 1.29 is 99.4 Å². The number of nitrogens with zero attached hydrogens (tertiary/aromatic N) is 4. The van der Waals surface area contributed by atoms with Crippen molar-refractivity contribution in [2.45, 2.75) is 76.8 Å². The second-order valence-corrected chi connectivity index (χ2v) is 19.4. The first-order valence-corrected chi connectivity index (χ1v) is 23.6. The summed E-state index contributed by atoms with van der Waals surface area (Å²) >= 11 is 0.838. The van der Waals surface area contributed by atoms with Crippen molar-refractivity contribution in [3.05, 3.63) is 12.7 Å². The predicted molar refractivity (Wildman–Crippen MR) is 186 cm³/mol. The lowest BCUT2D eigenvalue weighted by molar-refractivity contribution is -0.348. The van der Waals surface area contributed by atoms with Gasteiger partial charge in [-0.3, -0.25) is 28.1 Å². The van der Waals surface area contributed by atoms with Gasteiger partial charge in [-0.15, -0.1) is 0 Å². The van der Waals surface area contributed by atoms with Gasteiger partial charge in [-0.05, 0) is 13.3 Å². The third-order valence-electron chi connectivity index (χ3n) is 7.80. The predicted octanol–water partition coefficient (Wildman–Crippen LogP) is -4.85. The number of anilines is 1. The Bertz CT molecular complexity index is 1980. The van der Waals surface area contributed by atoms with E-state index in [-0.39, 0.29) is 60.2 Å². The van der Waals surface area contributed by atoms with Crippen molar-refractivity contribution in [1.82, 2.24) is 30.2 Å². The molecule has 3 unspecified atom stereocenters. The molecule has 1 aliphatic heterocycles. The van der Waals surface area contributed by atoms with Crippen LogP contribution >= 0.6 is 43.1 Å². The van der Waals surface area contributed by atoms with Crippen LogP contribution in [-0.2, 0) is 59.8 Å². The zero-order chi connectivity index (χ0) is 44.6. The quantitative estimate of drug-likeness (QED) is 0.0487. The average Bonchev–Trinajstić information content (AvgIpc) is 3.66. The average molecular weight is 942 g/mol. The third kappa shape index (κ3) is 16.8. The summed E-state index contributed by atoms with van der Waals surface area (Å²) in [5, 5.41) is 25.7. The van der Waals surface area contributed by atoms with Crippen molar-refractivity contribution in [2.75, 3.05) is 37.8 Å². The van der Waals surface area contributed by atoms with Crippen molar-refractivity contribution in [3.63, 3.8) is 0 Å². The fourth-order valence-corrected chi connectivity index (χ4v) is 8.91. The Hall–Kier alpha value is -2.33. The second-order valence-electron chi connectivity index (χ2n) is 13.1. The Labute approximate surface area is 338 Å². The summed E-state index contributed by atoms with van der Waals surface area (Å²) in [6.45, 7) is 1.02. The van der Waals surface area contributed by atoms with Crippen molar-refractivity contribution in [2.24, 2.45) is 5.41 Å². The molecule has 33 heteroatoms. The smallest absolute Gasteiger partial charge is 0.274 e. The first-order chi connectivity index (χ1) is 27.1. The van der Waals surface area contributed by atoms with Gasteiger partial charge in [0.15, 0.2) is 22.8 Å². The Morgan fingerprint density at radius 3 is 2.31 bits per heavy atom. The molecule has 0 aromatic carbocycles. The van der Waals surface area contributed by atoms with Gasteiger partial charge >= 0.3 is 0 Å². The Morgan fingerprint density at radius 1 is 1.00 bits per heavy atom. The van der Waals surface area contributed by atoms with Crippen LogP contribution in [0.2, 0.25) is 0 Å². The van der Waals surface area contributed by atoms with Gasteiger partial charge in [0.1, 0.15) is 36.3 Å². The number of nitrogens with one attached hydrogen (secondary N) is 2. The lowest BCUT2D eigenvalue weighted by Gasteiger charge is -2.36. The highest BCUT2D eigenvalue weighted by Crippen LogP contribution is 2.56. The number of aliphatic hydroxyl groups excluding tert-OH is 2. The van der Waals surface area contributed by atoms with Crippen LogP contribution in [0.3, 0.4) is 0 Å². The van der Waals surface area contributed by atoms with E-state index in [1.165, 1.54) is 6.92 Å². The summed E-state index contributed by atoms with van der Waals surface area (Å²) < 4.78 is 75.2. The number of hydrogen-bond donors (Lipinski definition) is 5. The number of aromatic nitrogens is 4. The zero-order valence-electron chi connectivity index (χ0n) is 31.0. The van der Waals surface area contributed by atoms with Crippen LogP contribution in [0.25, 0.3) is 11.2 Å². The number of aliphatic hydroxyl groups is 2. The number of nitrogen functional groups attached to an aromatic ring is 1. The SMILES string of the molecule is CC(CCC(=O)SCCNC(=O)CCNC(=O)[C@H](O)C(C)(C)COP(=O)([O-])OP(=O)([O-])OC[C@H]1O[C@@H](n2cnc3c(N)ncnc32)[C@H](O)[C@@H]1OP(=O)([O-])[O-])OP(=O)([O-])[O-]. The van der Waals surface area contributed by atoms with Crippen LogP contribution in [0, 0.1) is 5.41 Å². The van der Waals surface area contributed by atoms with Crippen LogP contribution in [0.1, 0.15) is 46.3 Å². The number of carbonyl (C=O) groups excluding carboxylic acids is 3. The summed E-state index contributed by atoms with van der Waals surface area (Å²) in [5.74, 6) is -1.59. The van der Waals surface area contributed by atoms with Gasteiger partial charge in [0.2, 0.25) is 11.8 Å². The molecule has 3 rings (SSSR count). The fourth-order valence-electron chi connectivity index (χ4n) is 4.94. The normalized spacial score (nSPS) is 22.0. The number of carbonyl (C=O) groups is 3. The van der Waals surface area contributed by atoms with Crippen LogP contribution in [0.5, 0.6) is 0 Å². The molecular formula is C26H39N7O21P4S-6. The molecule has 1 fully saturated rings. The minimum atomic E-state index is -5.95. The van der Waals surface area contributed by atoms with Gasteiger partial charge < -0.3 is 87.9 Å². The van der Waals surface area contributed by atoms with E-state index in [1.54, 1.807) is 0 Å². The highest BCUT2D eigenvalue weighted by atomic mass is 32.2. The van der Waals surface area contributed by atoms with E-state index in [0.717, 1.165) is 42.8 Å². The van der Waals surface area contributed by atoms with E-state index < -0.39 is 98.5 Å². The van der Waals surface area contributed by atoms with E-state index in [9.17, 15) is 72.2 Å². The monoisotopic (exact) mass is 941 g/mol. The molecule has 59 heavy (non-hydrogen) atoms. The van der Waals surface area contributed by atoms with Crippen molar-refractivity contribution in [3.8, 4) is 0 Å². The summed E-state index contributed by atoms with van der Waals surface area (Å²) in [4.78, 5) is 117. The lowest BCUT2D eigenvalue weighted by atomic mass is 9.87. The zero-order valence-corrected chi connectivity index (χ0v) is 35.4. The standard InChI is InChI=1S/C26H45N7O21P4S/c1-14(52-55(39,40)41)4-5-17(35)59-9-8-28-16(34)6-7-29-24(38)21(37)26(2,3)11-50-58(47,48)54-57(45,46)49-10-15-20(53-56(42,43)44)19(36)25(51-15)33-13-32-18-22(27)30-12-31-23(18)33/h12-15,19-21,25,36-37H,4-11H2,1-3H3,(H,28,34)(H,29,38)(H,45,46)(H,47,48)(H2,27,30,31)(H2,39,40,41)(H2,42,43,44)/p-6/t14?,15-,19-,20-,21+,25-/m1/s1. The summed E-state index contributed by atoms with van der Waals surface area (Å²) in [7, 11) is -22.9. The molecule has 3 heterocycles. The molecule has 0 bridgehead atoms. The molecule has 0 spiro atoms. The highest BCUT2D eigenvalue weighted by molar-refractivity contribution is 8.13. The van der Waals surface area contributed by atoms with E-state index in [4.69, 9.17) is 10.5 Å². The van der Waals surface area contributed by atoms with Gasteiger partial charge in [0.05, 0.1) is 41.3 Å². The number of rotatable bonds is 24. The molecule has 6 N–H and O–H groups in total. The molecule has 0 saturated carbocycles. The first kappa shape index (κ1) is 51.0. The molecule has 28 nitrogen and oxygen atoms in total. The van der Waals surface area contributed by atoms with E-state index >= 15 is 0 Å². The maximum Gasteiger partial charge on any atom is 0.274 e. The maximum atomic E-state index is 12.5. The number of hydrogen-bond acceptors (Lipinski definition) is 26. The molecule has 336 valence electrons. The number of phosphoric acid groups is 4. The van der Waals surface area contributed by atoms with Crippen LogP contribution in [0.4, 0.5) is 5.82 Å². The summed E-state index contributed by atoms with van der Waals surface area (Å²) in [6.07, 6.45) is -8.95. The number of fused-ring (bicyclic) bond motifs is 1. The van der Waals surface area contributed by atoms with Gasteiger partial charge in [0, 0.05) is 37.1 Å². The summed E-state index contributed by atoms with van der Waals surface area (Å²) in [6, 6.07) is 0. The van der Waals surface area contributed by atoms with Crippen LogP contribution < -0.4 is 45.7 Å². The third-order valence-corrected chi connectivity index (χ3v) is 12.4. The lowest BCUT2D eigenvalue weighted by Crippen LogP contribution is -2.46. The molecule has 2 amide bonds. The number of amides is 2. The largest absolute Gasteiger partial charge is 0.790 e. The van der Waals surface area contributed by atoms with E-state index in [0.29, 0.717) is 0 Å². The Balaban J connectivity index is 1.44. The van der Waals surface area contributed by atoms with Gasteiger partial charge in [-0.25, -0.2) is 19.3 Å². The minimum Gasteiger partial charge on any atom is -0.790 e. The van der Waals surface area contributed by atoms with Gasteiger partial charge in [-0.2, -0.15) is 0 Å². The maximum absolute atomic E-state index is 12.5. The molecule has 0 aliphatic carbocycles. The number of thioether (sulfide) groups is 1. The van der Waals surface area contributed by atoms with Gasteiger partial charge in [0.25, 0.3) is 15.6 Å². The number of phosphoric ester groups is 4. The molecule has 8 atom stereocenters. The van der Waals surface area contributed by atoms with Crippen molar-refractivity contribution >= 4 is 77.0 Å². The fraction of sp³-hybridized carbons (Fsp3) is 0.692. The van der Waals surface area contributed by atoms with E-state index in [1.807, 2.05) is 0 Å². The number of imidazole rings is 1. The second kappa shape index (κ2) is 21.2. The molecule has 0 radical (unpaired) electrons. The number of nitrogens with two attached hydrogens (primary N) is 1. The van der Waals surface area contributed by atoms with Crippen LogP contribution in [-0.4, -0.2) is 109 Å². The molecule has 2 aromatic rings. The topological polar surface area (TPSA) is 447 Å². The van der Waals surface area contributed by atoms with E-state index in [2.05, 4.69) is 48.0 Å². The van der Waals surface area contributed by atoms with Crippen molar-refractivity contribution in [1.29, 1.82) is 0 Å². The number of ether oxygens (including phenoxy) is 1. The Morgan fingerprint density at radius 2 is 1.66 bits per heavy atom. The van der Waals surface area contributed by atoms with Crippen LogP contribution in [0.15, 0.2) is 12.7 Å². The molecule has 2 aromatic heterocycles. The first-order valence-electron chi connectivity index (χ1n) is 16.8. The molecule has 1 aliphatic rings. The minimum absolute atomic E-state index is 0.0182. The van der Waals surface area contributed by atoms with Gasteiger partial charge in [-0.1, -0.05) is 25.6 Å². The highest BCUT2D eigenvalue weighted by Gasteiger charge is 2.47. The Kier molecular flexibility index (Phi) is 18.3. The molecule has 1 saturated heterocycles.